The first-order chi connectivity index (χ1) is 10.3. The van der Waals surface area contributed by atoms with Gasteiger partial charge in [0.25, 0.3) is 0 Å². The number of phenols is 2. The first kappa shape index (κ1) is 15.6. The number of carboxylic acids is 1. The van der Waals surface area contributed by atoms with E-state index in [1.54, 1.807) is 30.3 Å². The van der Waals surface area contributed by atoms with Crippen molar-refractivity contribution in [1.82, 2.24) is 0 Å². The van der Waals surface area contributed by atoms with Crippen LogP contribution in [0.5, 0.6) is 17.2 Å². The Hall–Kier alpha value is -2.74. The van der Waals surface area contributed by atoms with Crippen LogP contribution in [0.1, 0.15) is 15.9 Å². The predicted molar refractivity (Wildman–Crippen MR) is 76.4 cm³/mol. The normalized spacial score (nSPS) is 11.1. The molecule has 0 atom stereocenters. The highest BCUT2D eigenvalue weighted by Crippen LogP contribution is 2.37. The third kappa shape index (κ3) is 3.67. The lowest BCUT2D eigenvalue weighted by molar-refractivity contribution is 0.0696. The molecule has 2 aromatic carbocycles. The average molecular weight is 324 g/mol. The molecule has 8 heteroatoms. The van der Waals surface area contributed by atoms with Crippen LogP contribution in [-0.4, -0.2) is 29.7 Å². The Labute approximate surface area is 126 Å². The van der Waals surface area contributed by atoms with Gasteiger partial charge >= 0.3 is 16.1 Å². The minimum absolute atomic E-state index is 0.416. The molecule has 0 unspecified atom stereocenters. The Morgan fingerprint density at radius 2 is 1.73 bits per heavy atom. The predicted octanol–water partition coefficient (Wildman–Crippen LogP) is 1.70. The summed E-state index contributed by atoms with van der Waals surface area (Å²) in [5.41, 5.74) is 0.0424. The summed E-state index contributed by atoms with van der Waals surface area (Å²) in [5, 5.41) is 27.9. The minimum Gasteiger partial charge on any atom is -0.504 e. The van der Waals surface area contributed by atoms with Gasteiger partial charge in [-0.15, -0.1) is 0 Å². The number of aromatic hydroxyl groups is 2. The summed E-state index contributed by atoms with van der Waals surface area (Å²) in [7, 11) is -4.13. The van der Waals surface area contributed by atoms with E-state index in [-0.39, 0.29) is 0 Å². The maximum absolute atomic E-state index is 12.0. The summed E-state index contributed by atoms with van der Waals surface area (Å²) >= 11 is 0. The van der Waals surface area contributed by atoms with Crippen LogP contribution in [0.2, 0.25) is 0 Å². The third-order valence-corrected chi connectivity index (χ3v) is 3.83. The lowest BCUT2D eigenvalue weighted by Crippen LogP contribution is -2.12. The van der Waals surface area contributed by atoms with E-state index in [0.717, 1.165) is 12.1 Å². The van der Waals surface area contributed by atoms with Crippen molar-refractivity contribution in [2.24, 2.45) is 0 Å². The van der Waals surface area contributed by atoms with E-state index in [9.17, 15) is 23.4 Å². The molecule has 0 aliphatic carbocycles. The monoisotopic (exact) mass is 324 g/mol. The van der Waals surface area contributed by atoms with Gasteiger partial charge in [-0.2, -0.15) is 8.42 Å². The van der Waals surface area contributed by atoms with Gasteiger partial charge in [0.15, 0.2) is 11.5 Å². The zero-order valence-corrected chi connectivity index (χ0v) is 11.9. The van der Waals surface area contributed by atoms with Crippen molar-refractivity contribution in [3.05, 3.63) is 53.6 Å². The maximum atomic E-state index is 12.0. The third-order valence-electron chi connectivity index (χ3n) is 2.70. The Morgan fingerprint density at radius 1 is 1.09 bits per heavy atom. The second-order valence-corrected chi connectivity index (χ2v) is 5.99. The number of hydrogen-bond donors (Lipinski definition) is 3. The van der Waals surface area contributed by atoms with Gasteiger partial charge in [0.1, 0.15) is 5.75 Å². The number of rotatable bonds is 5. The van der Waals surface area contributed by atoms with E-state index < -0.39 is 44.7 Å². The van der Waals surface area contributed by atoms with Crippen molar-refractivity contribution in [2.75, 3.05) is 0 Å². The Balaban J connectivity index is 2.31. The fourth-order valence-corrected chi connectivity index (χ4v) is 2.78. The summed E-state index contributed by atoms with van der Waals surface area (Å²) < 4.78 is 28.6. The van der Waals surface area contributed by atoms with Crippen molar-refractivity contribution in [3.8, 4) is 17.2 Å². The van der Waals surface area contributed by atoms with Crippen molar-refractivity contribution in [1.29, 1.82) is 0 Å². The Morgan fingerprint density at radius 3 is 2.32 bits per heavy atom. The smallest absolute Gasteiger partial charge is 0.335 e. The zero-order chi connectivity index (χ0) is 16.3. The molecule has 0 amide bonds. The molecule has 0 aliphatic heterocycles. The minimum atomic E-state index is -4.13. The summed E-state index contributed by atoms with van der Waals surface area (Å²) in [5.74, 6) is -4.15. The lowest BCUT2D eigenvalue weighted by Gasteiger charge is -2.10. The summed E-state index contributed by atoms with van der Waals surface area (Å²) in [6, 6.07) is 9.78. The molecule has 0 saturated carbocycles. The number of carboxylic acid groups (broad SMARTS) is 1. The van der Waals surface area contributed by atoms with Gasteiger partial charge in [-0.25, -0.2) is 4.79 Å². The van der Waals surface area contributed by atoms with Crippen LogP contribution < -0.4 is 4.18 Å². The van der Waals surface area contributed by atoms with E-state index in [2.05, 4.69) is 0 Å². The molecular formula is C14H12O7S. The number of carbonyl (C=O) groups is 1. The van der Waals surface area contributed by atoms with Crippen molar-refractivity contribution >= 4 is 16.1 Å². The zero-order valence-electron chi connectivity index (χ0n) is 11.1. The average Bonchev–Trinajstić information content (AvgIpc) is 2.43. The highest BCUT2D eigenvalue weighted by molar-refractivity contribution is 7.86. The summed E-state index contributed by atoms with van der Waals surface area (Å²) in [4.78, 5) is 10.9. The first-order valence-electron chi connectivity index (χ1n) is 6.04. The fourth-order valence-electron chi connectivity index (χ4n) is 1.72. The largest absolute Gasteiger partial charge is 0.504 e. The first-order valence-corrected chi connectivity index (χ1v) is 7.61. The molecule has 0 fully saturated rings. The van der Waals surface area contributed by atoms with Gasteiger partial charge in [-0.1, -0.05) is 30.3 Å². The number of aromatic carboxylic acids is 1. The molecule has 116 valence electrons. The van der Waals surface area contributed by atoms with Crippen molar-refractivity contribution < 1.29 is 32.7 Å². The molecule has 3 N–H and O–H groups in total. The van der Waals surface area contributed by atoms with Crippen molar-refractivity contribution in [2.45, 2.75) is 5.75 Å². The van der Waals surface area contributed by atoms with E-state index in [1.165, 1.54) is 0 Å². The molecule has 2 rings (SSSR count). The fraction of sp³-hybridized carbons (Fsp3) is 0.0714. The SMILES string of the molecule is O=C(O)c1cc(O)c(O)c(OS(=O)(=O)Cc2ccccc2)c1. The Kier molecular flexibility index (Phi) is 4.22. The second-order valence-electron chi connectivity index (χ2n) is 4.42. The van der Waals surface area contributed by atoms with Gasteiger partial charge in [-0.05, 0) is 11.6 Å². The van der Waals surface area contributed by atoms with E-state index >= 15 is 0 Å². The van der Waals surface area contributed by atoms with Gasteiger partial charge in [0, 0.05) is 6.07 Å². The van der Waals surface area contributed by atoms with E-state index in [1.807, 2.05) is 0 Å². The van der Waals surface area contributed by atoms with Crippen LogP contribution >= 0.6 is 0 Å². The topological polar surface area (TPSA) is 121 Å². The van der Waals surface area contributed by atoms with Crippen LogP contribution in [-0.2, 0) is 15.9 Å². The van der Waals surface area contributed by atoms with Crippen LogP contribution in [0, 0.1) is 0 Å². The quantitative estimate of drug-likeness (QED) is 0.565. The molecule has 0 aromatic heterocycles. The molecule has 0 bridgehead atoms. The molecule has 7 nitrogen and oxygen atoms in total. The number of phenolic OH excluding ortho intramolecular Hbond substituents is 2. The molecular weight excluding hydrogens is 312 g/mol. The molecule has 0 radical (unpaired) electrons. The van der Waals surface area contributed by atoms with Gasteiger partial charge in [-0.3, -0.25) is 0 Å². The van der Waals surface area contributed by atoms with Crippen LogP contribution in [0.3, 0.4) is 0 Å². The maximum Gasteiger partial charge on any atom is 0.335 e. The van der Waals surface area contributed by atoms with Crippen LogP contribution in [0.15, 0.2) is 42.5 Å². The van der Waals surface area contributed by atoms with Gasteiger partial charge in [0.2, 0.25) is 5.75 Å². The molecule has 0 saturated heterocycles. The highest BCUT2D eigenvalue weighted by Gasteiger charge is 2.20. The molecule has 2 aromatic rings. The summed E-state index contributed by atoms with van der Waals surface area (Å²) in [6.07, 6.45) is 0. The lowest BCUT2D eigenvalue weighted by atomic mass is 10.2. The van der Waals surface area contributed by atoms with Gasteiger partial charge < -0.3 is 19.5 Å². The standard InChI is InChI=1S/C14H12O7S/c15-11-6-10(14(17)18)7-12(13(11)16)21-22(19,20)8-9-4-2-1-3-5-9/h1-7,15-16H,8H2,(H,17,18). The van der Waals surface area contributed by atoms with Gasteiger partial charge in [0.05, 0.1) is 5.56 Å². The van der Waals surface area contributed by atoms with Crippen LogP contribution in [0.25, 0.3) is 0 Å². The van der Waals surface area contributed by atoms with E-state index in [4.69, 9.17) is 9.29 Å². The van der Waals surface area contributed by atoms with Crippen LogP contribution in [0.4, 0.5) is 0 Å². The molecule has 0 heterocycles. The highest BCUT2D eigenvalue weighted by atomic mass is 32.2. The molecule has 0 aliphatic rings. The number of hydrogen-bond acceptors (Lipinski definition) is 6. The summed E-state index contributed by atoms with van der Waals surface area (Å²) in [6.45, 7) is 0. The Bertz CT molecular complexity index is 797. The molecule has 0 spiro atoms. The number of benzene rings is 2. The van der Waals surface area contributed by atoms with E-state index in [0.29, 0.717) is 5.56 Å². The second kappa shape index (κ2) is 5.94. The molecule has 22 heavy (non-hydrogen) atoms. The van der Waals surface area contributed by atoms with Crippen molar-refractivity contribution in [3.63, 3.8) is 0 Å².